The number of rotatable bonds is 8. The maximum Gasteiger partial charge on any atom is 0.268 e. The van der Waals surface area contributed by atoms with Crippen molar-refractivity contribution in [2.45, 2.75) is 56.5 Å². The first-order valence-electron chi connectivity index (χ1n) is 13.1. The minimum absolute atomic E-state index is 0.107. The number of aryl methyl sites for hydroxylation is 1. The summed E-state index contributed by atoms with van der Waals surface area (Å²) in [5.41, 5.74) is 7.59. The molecule has 0 aliphatic carbocycles. The van der Waals surface area contributed by atoms with E-state index < -0.39 is 16.1 Å². The van der Waals surface area contributed by atoms with E-state index in [4.69, 9.17) is 5.73 Å². The van der Waals surface area contributed by atoms with Crippen molar-refractivity contribution in [2.24, 2.45) is 13.0 Å². The number of nitrogen functional groups attached to an aromatic ring is 1. The molecule has 4 N–H and O–H groups in total. The summed E-state index contributed by atoms with van der Waals surface area (Å²) < 4.78 is 29.6. The number of hydrogen-bond acceptors (Lipinski definition) is 5. The molecule has 0 saturated carbocycles. The van der Waals surface area contributed by atoms with E-state index >= 15 is 0 Å². The smallest absolute Gasteiger partial charge is 0.268 e. The van der Waals surface area contributed by atoms with Gasteiger partial charge in [0.05, 0.1) is 5.69 Å². The highest BCUT2D eigenvalue weighted by atomic mass is 32.2. The molecule has 10 heteroatoms. The summed E-state index contributed by atoms with van der Waals surface area (Å²) in [6, 6.07) is 15.1. The molecule has 2 heterocycles. The van der Waals surface area contributed by atoms with Gasteiger partial charge in [-0.15, -0.1) is 0 Å². The number of para-hydroxylation sites is 2. The number of carbonyl (C=O) groups is 2. The maximum atomic E-state index is 13.3. The summed E-state index contributed by atoms with van der Waals surface area (Å²) in [4.78, 5) is 26.7. The normalized spacial score (nSPS) is 17.7. The van der Waals surface area contributed by atoms with Crippen LogP contribution in [0, 0.1) is 5.92 Å². The molecule has 0 radical (unpaired) electrons. The summed E-state index contributed by atoms with van der Waals surface area (Å²) >= 11 is 0. The fraction of sp³-hybridized carbons (Fsp3) is 0.429. The van der Waals surface area contributed by atoms with Gasteiger partial charge in [-0.3, -0.25) is 9.59 Å². The second-order valence-corrected chi connectivity index (χ2v) is 12.3. The van der Waals surface area contributed by atoms with Crippen LogP contribution in [0.4, 0.5) is 5.69 Å². The molecule has 1 unspecified atom stereocenters. The van der Waals surface area contributed by atoms with E-state index in [1.165, 1.54) is 10.4 Å². The molecule has 1 aromatic heterocycles. The Kier molecular flexibility index (Phi) is 8.42. The molecule has 2 amide bonds. The van der Waals surface area contributed by atoms with E-state index in [0.717, 1.165) is 10.9 Å². The molecule has 1 fully saturated rings. The molecule has 9 nitrogen and oxygen atoms in total. The summed E-state index contributed by atoms with van der Waals surface area (Å²) in [6.45, 7) is 4.65. The van der Waals surface area contributed by atoms with Crippen molar-refractivity contribution < 1.29 is 18.0 Å². The molecule has 1 aliphatic heterocycles. The van der Waals surface area contributed by atoms with Crippen LogP contribution in [-0.2, 0) is 21.9 Å². The lowest BCUT2D eigenvalue weighted by Crippen LogP contribution is -2.50. The van der Waals surface area contributed by atoms with Gasteiger partial charge in [0.2, 0.25) is 15.9 Å². The van der Waals surface area contributed by atoms with E-state index in [2.05, 4.69) is 10.6 Å². The van der Waals surface area contributed by atoms with Gasteiger partial charge in [-0.2, -0.15) is 4.31 Å². The summed E-state index contributed by atoms with van der Waals surface area (Å²) in [7, 11) is -1.89. The zero-order valence-corrected chi connectivity index (χ0v) is 23.0. The average Bonchev–Trinajstić information content (AvgIpc) is 3.04. The Hall–Kier alpha value is -3.37. The Bertz CT molecular complexity index is 1420. The van der Waals surface area contributed by atoms with E-state index in [0.29, 0.717) is 37.9 Å². The number of nitrogens with zero attached hydrogens (tertiary/aromatic N) is 2. The zero-order valence-electron chi connectivity index (χ0n) is 22.2. The highest BCUT2D eigenvalue weighted by Crippen LogP contribution is 2.25. The molecule has 3 aromatic rings. The lowest BCUT2D eigenvalue weighted by molar-refractivity contribution is -0.124. The molecular weight excluding hydrogens is 502 g/mol. The molecule has 2 atom stereocenters. The van der Waals surface area contributed by atoms with Crippen molar-refractivity contribution in [1.29, 1.82) is 0 Å². The fourth-order valence-corrected chi connectivity index (χ4v) is 6.66. The molecule has 1 saturated heterocycles. The second kappa shape index (κ2) is 11.6. The SMILES string of the molecule is CC(C)C[C@H](NC(=O)c1cc2ccccc2n1C)C(=O)NC1CCCN(S(=O)(=O)c2ccccc2N)CC1. The topological polar surface area (TPSA) is 127 Å². The third-order valence-corrected chi connectivity index (χ3v) is 9.06. The Morgan fingerprint density at radius 2 is 1.76 bits per heavy atom. The molecule has 0 bridgehead atoms. The van der Waals surface area contributed by atoms with E-state index in [-0.39, 0.29) is 40.9 Å². The first kappa shape index (κ1) is 27.7. The number of carbonyl (C=O) groups excluding carboxylic acids is 2. The summed E-state index contributed by atoms with van der Waals surface area (Å²) in [5, 5.41) is 6.98. The molecule has 0 spiro atoms. The quantitative estimate of drug-likeness (QED) is 0.379. The minimum atomic E-state index is -3.73. The first-order valence-corrected chi connectivity index (χ1v) is 14.5. The summed E-state index contributed by atoms with van der Waals surface area (Å²) in [6.07, 6.45) is 2.22. The fourth-order valence-electron chi connectivity index (χ4n) is 5.05. The molecule has 204 valence electrons. The number of benzene rings is 2. The number of hydrogen-bond donors (Lipinski definition) is 3. The third-order valence-electron chi connectivity index (χ3n) is 7.08. The van der Waals surface area contributed by atoms with Gasteiger partial charge in [0, 0.05) is 37.1 Å². The lowest BCUT2D eigenvalue weighted by atomic mass is 10.0. The third kappa shape index (κ3) is 6.02. The molecule has 2 aromatic carbocycles. The predicted molar refractivity (Wildman–Crippen MR) is 149 cm³/mol. The van der Waals surface area contributed by atoms with Crippen LogP contribution in [0.25, 0.3) is 10.9 Å². The van der Waals surface area contributed by atoms with Crippen LogP contribution in [0.2, 0.25) is 0 Å². The van der Waals surface area contributed by atoms with Crippen LogP contribution in [-0.4, -0.2) is 54.3 Å². The largest absolute Gasteiger partial charge is 0.398 e. The van der Waals surface area contributed by atoms with Crippen LogP contribution in [0.15, 0.2) is 59.5 Å². The molecule has 1 aliphatic rings. The maximum absolute atomic E-state index is 13.3. The van der Waals surface area contributed by atoms with E-state index in [1.54, 1.807) is 18.2 Å². The van der Waals surface area contributed by atoms with Crippen molar-refractivity contribution in [2.75, 3.05) is 18.8 Å². The standard InChI is InChI=1S/C28H37N5O4S/c1-19(2)17-23(31-28(35)25-18-20-9-4-6-12-24(20)32(25)3)27(34)30-21-10-8-15-33(16-14-21)38(36,37)26-13-7-5-11-22(26)29/h4-7,9,11-13,18-19,21,23H,8,10,14-17,29H2,1-3H3,(H,30,34)(H,31,35)/t21?,23-/m0/s1. The monoisotopic (exact) mass is 539 g/mol. The van der Waals surface area contributed by atoms with E-state index in [9.17, 15) is 18.0 Å². The Morgan fingerprint density at radius 3 is 2.47 bits per heavy atom. The van der Waals surface area contributed by atoms with Gasteiger partial charge in [0.15, 0.2) is 0 Å². The molecule has 4 rings (SSSR count). The van der Waals surface area contributed by atoms with Gasteiger partial charge < -0.3 is 20.9 Å². The number of fused-ring (bicyclic) bond motifs is 1. The molecular formula is C28H37N5O4S. The van der Waals surface area contributed by atoms with Crippen molar-refractivity contribution in [3.8, 4) is 0 Å². The zero-order chi connectivity index (χ0) is 27.4. The van der Waals surface area contributed by atoms with Crippen molar-refractivity contribution >= 4 is 38.4 Å². The average molecular weight is 540 g/mol. The van der Waals surface area contributed by atoms with Gasteiger partial charge in [-0.05, 0) is 55.9 Å². The van der Waals surface area contributed by atoms with Gasteiger partial charge >= 0.3 is 0 Å². The number of nitrogens with one attached hydrogen (secondary N) is 2. The number of anilines is 1. The first-order chi connectivity index (χ1) is 18.1. The minimum Gasteiger partial charge on any atom is -0.398 e. The van der Waals surface area contributed by atoms with Crippen LogP contribution < -0.4 is 16.4 Å². The number of aromatic nitrogens is 1. The highest BCUT2D eigenvalue weighted by molar-refractivity contribution is 7.89. The second-order valence-electron chi connectivity index (χ2n) is 10.4. The Labute approximate surface area is 224 Å². The predicted octanol–water partition coefficient (Wildman–Crippen LogP) is 3.26. The number of sulfonamides is 1. The lowest BCUT2D eigenvalue weighted by Gasteiger charge is -2.24. The van der Waals surface area contributed by atoms with Crippen molar-refractivity contribution in [1.82, 2.24) is 19.5 Å². The van der Waals surface area contributed by atoms with Gasteiger partial charge in [0.25, 0.3) is 5.91 Å². The van der Waals surface area contributed by atoms with Crippen molar-refractivity contribution in [3.63, 3.8) is 0 Å². The highest BCUT2D eigenvalue weighted by Gasteiger charge is 2.31. The number of nitrogens with two attached hydrogens (primary N) is 1. The van der Waals surface area contributed by atoms with Crippen LogP contribution in [0.3, 0.4) is 0 Å². The van der Waals surface area contributed by atoms with Crippen LogP contribution in [0.1, 0.15) is 50.0 Å². The van der Waals surface area contributed by atoms with E-state index in [1.807, 2.05) is 55.8 Å². The van der Waals surface area contributed by atoms with Crippen LogP contribution >= 0.6 is 0 Å². The van der Waals surface area contributed by atoms with Gasteiger partial charge in [-0.25, -0.2) is 8.42 Å². The van der Waals surface area contributed by atoms with Gasteiger partial charge in [0.1, 0.15) is 16.6 Å². The molecule has 38 heavy (non-hydrogen) atoms. The van der Waals surface area contributed by atoms with Crippen LogP contribution in [0.5, 0.6) is 0 Å². The Morgan fingerprint density at radius 1 is 1.05 bits per heavy atom. The Balaban J connectivity index is 1.43. The van der Waals surface area contributed by atoms with Crippen molar-refractivity contribution in [3.05, 3.63) is 60.3 Å². The van der Waals surface area contributed by atoms with Gasteiger partial charge in [-0.1, -0.05) is 44.2 Å². The number of amides is 2. The summed E-state index contributed by atoms with van der Waals surface area (Å²) in [5.74, 6) is -0.368.